The van der Waals surface area contributed by atoms with E-state index in [2.05, 4.69) is 0 Å². The molecule has 1 unspecified atom stereocenters. The lowest BCUT2D eigenvalue weighted by molar-refractivity contribution is 0.566. The molecule has 0 radical (unpaired) electrons. The summed E-state index contributed by atoms with van der Waals surface area (Å²) >= 11 is 0. The molecule has 2 N–H and O–H groups in total. The van der Waals surface area contributed by atoms with E-state index in [0.29, 0.717) is 12.1 Å². The van der Waals surface area contributed by atoms with Crippen LogP contribution in [-0.4, -0.2) is 32.5 Å². The van der Waals surface area contributed by atoms with Crippen molar-refractivity contribution in [2.45, 2.75) is 25.9 Å². The normalized spacial score (nSPS) is 24.2. The van der Waals surface area contributed by atoms with Gasteiger partial charge in [0.15, 0.2) is 9.84 Å². The number of hydrogen-bond donors (Lipinski definition) is 1. The number of anilines is 1. The summed E-state index contributed by atoms with van der Waals surface area (Å²) in [7, 11) is -2.96. The summed E-state index contributed by atoms with van der Waals surface area (Å²) in [5, 5.41) is 0. The predicted molar refractivity (Wildman–Crippen MR) is 74.5 cm³/mol. The van der Waals surface area contributed by atoms with E-state index in [1.54, 1.807) is 13.0 Å². The Kier molecular flexibility index (Phi) is 3.82. The second kappa shape index (κ2) is 5.09. The van der Waals surface area contributed by atoms with Crippen molar-refractivity contribution in [3.8, 4) is 0 Å². The molecule has 6 heteroatoms. The zero-order valence-corrected chi connectivity index (χ0v) is 12.0. The first-order chi connectivity index (χ1) is 8.80. The fourth-order valence-corrected chi connectivity index (χ4v) is 4.06. The van der Waals surface area contributed by atoms with Gasteiger partial charge in [-0.05, 0) is 37.6 Å². The number of halogens is 1. The summed E-state index contributed by atoms with van der Waals surface area (Å²) in [5.74, 6) is -0.0658. The van der Waals surface area contributed by atoms with E-state index in [1.807, 2.05) is 11.8 Å². The average Bonchev–Trinajstić information content (AvgIpc) is 2.28. The highest BCUT2D eigenvalue weighted by Gasteiger charge is 2.29. The molecule has 19 heavy (non-hydrogen) atoms. The molecular weight excluding hydrogens is 267 g/mol. The van der Waals surface area contributed by atoms with E-state index in [0.717, 1.165) is 5.69 Å². The van der Waals surface area contributed by atoms with Crippen LogP contribution in [0.1, 0.15) is 25.5 Å². The molecule has 0 aromatic heterocycles. The summed E-state index contributed by atoms with van der Waals surface area (Å²) in [5.41, 5.74) is 7.42. The van der Waals surface area contributed by atoms with Gasteiger partial charge in [-0.2, -0.15) is 0 Å². The number of nitrogens with zero attached hydrogens (tertiary/aromatic N) is 1. The van der Waals surface area contributed by atoms with Crippen LogP contribution in [0.4, 0.5) is 10.1 Å². The highest BCUT2D eigenvalue weighted by molar-refractivity contribution is 7.91. The van der Waals surface area contributed by atoms with E-state index < -0.39 is 9.84 Å². The SMILES string of the molecule is CC1CS(=O)(=O)CCN1c1ccc(F)cc1[C@@H](C)N. The van der Waals surface area contributed by atoms with E-state index >= 15 is 0 Å². The van der Waals surface area contributed by atoms with Crippen LogP contribution in [0.5, 0.6) is 0 Å². The van der Waals surface area contributed by atoms with Crippen molar-refractivity contribution in [1.82, 2.24) is 0 Å². The summed E-state index contributed by atoms with van der Waals surface area (Å²) in [6.45, 7) is 4.09. The third kappa shape index (κ3) is 3.06. The molecule has 1 aromatic rings. The topological polar surface area (TPSA) is 63.4 Å². The lowest BCUT2D eigenvalue weighted by atomic mass is 10.0. The van der Waals surface area contributed by atoms with Gasteiger partial charge < -0.3 is 10.6 Å². The van der Waals surface area contributed by atoms with Gasteiger partial charge in [0, 0.05) is 24.3 Å². The molecule has 0 bridgehead atoms. The van der Waals surface area contributed by atoms with Crippen LogP contribution < -0.4 is 10.6 Å². The average molecular weight is 286 g/mol. The van der Waals surface area contributed by atoms with Gasteiger partial charge in [-0.25, -0.2) is 12.8 Å². The number of benzene rings is 1. The molecule has 1 aromatic carbocycles. The van der Waals surface area contributed by atoms with Crippen molar-refractivity contribution in [2.24, 2.45) is 5.73 Å². The van der Waals surface area contributed by atoms with E-state index in [4.69, 9.17) is 5.73 Å². The smallest absolute Gasteiger partial charge is 0.154 e. The second-order valence-electron chi connectivity index (χ2n) is 5.15. The Labute approximate surface area is 113 Å². The van der Waals surface area contributed by atoms with E-state index in [1.165, 1.54) is 12.1 Å². The minimum absolute atomic E-state index is 0.123. The molecule has 2 atom stereocenters. The van der Waals surface area contributed by atoms with Gasteiger partial charge in [-0.15, -0.1) is 0 Å². The van der Waals surface area contributed by atoms with Crippen molar-refractivity contribution in [3.05, 3.63) is 29.6 Å². The quantitative estimate of drug-likeness (QED) is 0.894. The third-order valence-electron chi connectivity index (χ3n) is 3.46. The Morgan fingerprint density at radius 1 is 1.47 bits per heavy atom. The van der Waals surface area contributed by atoms with Crippen molar-refractivity contribution in [3.63, 3.8) is 0 Å². The fourth-order valence-electron chi connectivity index (χ4n) is 2.51. The maximum absolute atomic E-state index is 13.3. The maximum Gasteiger partial charge on any atom is 0.154 e. The number of nitrogens with two attached hydrogens (primary N) is 1. The molecule has 1 aliphatic heterocycles. The highest BCUT2D eigenvalue weighted by Crippen LogP contribution is 2.29. The Bertz CT molecular complexity index is 572. The Morgan fingerprint density at radius 2 is 2.16 bits per heavy atom. The molecule has 4 nitrogen and oxygen atoms in total. The molecule has 0 saturated carbocycles. The molecule has 1 heterocycles. The van der Waals surface area contributed by atoms with Crippen molar-refractivity contribution in [1.29, 1.82) is 0 Å². The minimum Gasteiger partial charge on any atom is -0.367 e. The summed E-state index contributed by atoms with van der Waals surface area (Å²) < 4.78 is 36.5. The van der Waals surface area contributed by atoms with Crippen LogP contribution in [0.3, 0.4) is 0 Å². The molecule has 1 fully saturated rings. The summed E-state index contributed by atoms with van der Waals surface area (Å²) in [6, 6.07) is 4.08. The second-order valence-corrected chi connectivity index (χ2v) is 7.38. The third-order valence-corrected chi connectivity index (χ3v) is 5.25. The van der Waals surface area contributed by atoms with E-state index in [9.17, 15) is 12.8 Å². The zero-order chi connectivity index (χ0) is 14.2. The number of rotatable bonds is 2. The van der Waals surface area contributed by atoms with Gasteiger partial charge in [0.2, 0.25) is 0 Å². The van der Waals surface area contributed by atoms with Crippen LogP contribution >= 0.6 is 0 Å². The molecule has 106 valence electrons. The predicted octanol–water partition coefficient (Wildman–Crippen LogP) is 1.47. The van der Waals surface area contributed by atoms with Gasteiger partial charge in [0.25, 0.3) is 0 Å². The summed E-state index contributed by atoms with van der Waals surface area (Å²) in [4.78, 5) is 2.00. The Balaban J connectivity index is 2.37. The van der Waals surface area contributed by atoms with Gasteiger partial charge >= 0.3 is 0 Å². The van der Waals surface area contributed by atoms with Crippen LogP contribution in [0.2, 0.25) is 0 Å². The molecule has 1 saturated heterocycles. The summed E-state index contributed by atoms with van der Waals surface area (Å²) in [6.07, 6.45) is 0. The van der Waals surface area contributed by atoms with Crippen LogP contribution in [0, 0.1) is 5.82 Å². The van der Waals surface area contributed by atoms with E-state index in [-0.39, 0.29) is 29.4 Å². The Morgan fingerprint density at radius 3 is 2.74 bits per heavy atom. The van der Waals surface area contributed by atoms with Gasteiger partial charge in [-0.3, -0.25) is 0 Å². The number of sulfone groups is 1. The van der Waals surface area contributed by atoms with Gasteiger partial charge in [0.05, 0.1) is 11.5 Å². The van der Waals surface area contributed by atoms with Crippen molar-refractivity contribution in [2.75, 3.05) is 23.0 Å². The van der Waals surface area contributed by atoms with Gasteiger partial charge in [0.1, 0.15) is 5.82 Å². The minimum atomic E-state index is -2.96. The fraction of sp³-hybridized carbons (Fsp3) is 0.538. The van der Waals surface area contributed by atoms with Crippen LogP contribution in [0.25, 0.3) is 0 Å². The largest absolute Gasteiger partial charge is 0.367 e. The van der Waals surface area contributed by atoms with Crippen LogP contribution in [0.15, 0.2) is 18.2 Å². The van der Waals surface area contributed by atoms with Gasteiger partial charge in [-0.1, -0.05) is 0 Å². The zero-order valence-electron chi connectivity index (χ0n) is 11.1. The lowest BCUT2D eigenvalue weighted by Gasteiger charge is -2.36. The molecule has 0 amide bonds. The first kappa shape index (κ1) is 14.3. The molecule has 0 aliphatic carbocycles. The lowest BCUT2D eigenvalue weighted by Crippen LogP contribution is -2.47. The highest BCUT2D eigenvalue weighted by atomic mass is 32.2. The van der Waals surface area contributed by atoms with Crippen molar-refractivity contribution < 1.29 is 12.8 Å². The monoisotopic (exact) mass is 286 g/mol. The maximum atomic E-state index is 13.3. The first-order valence-corrected chi connectivity index (χ1v) is 8.14. The van der Waals surface area contributed by atoms with Crippen molar-refractivity contribution >= 4 is 15.5 Å². The Hall–Kier alpha value is -1.14. The first-order valence-electron chi connectivity index (χ1n) is 6.32. The standard InChI is InChI=1S/C13H19FN2O2S/c1-9-8-19(17,18)6-5-16(9)13-4-3-11(14)7-12(13)10(2)15/h3-4,7,9-10H,5-6,8,15H2,1-2H3/t9?,10-/m1/s1. The molecular formula is C13H19FN2O2S. The number of hydrogen-bond acceptors (Lipinski definition) is 4. The molecule has 2 rings (SSSR count). The van der Waals surface area contributed by atoms with Crippen LogP contribution in [-0.2, 0) is 9.84 Å². The molecule has 0 spiro atoms. The molecule has 1 aliphatic rings.